The highest BCUT2D eigenvalue weighted by Crippen LogP contribution is 2.16. The molecule has 0 fully saturated rings. The zero-order valence-electron chi connectivity index (χ0n) is 5.29. The highest BCUT2D eigenvalue weighted by atomic mass is 127. The van der Waals surface area contributed by atoms with Gasteiger partial charge in [-0.15, -0.1) is 0 Å². The van der Waals surface area contributed by atoms with Crippen LogP contribution in [0.1, 0.15) is 5.56 Å². The van der Waals surface area contributed by atoms with Crippen molar-refractivity contribution < 1.29 is 8.78 Å². The van der Waals surface area contributed by atoms with E-state index in [1.165, 1.54) is 12.1 Å². The van der Waals surface area contributed by atoms with E-state index in [1.54, 1.807) is 29.5 Å². The molecular weight excluding hydrogens is 249 g/mol. The van der Waals surface area contributed by atoms with Gasteiger partial charge < -0.3 is 0 Å². The van der Waals surface area contributed by atoms with E-state index in [0.717, 1.165) is 0 Å². The number of rotatable bonds is 0. The van der Waals surface area contributed by atoms with Crippen molar-refractivity contribution >= 4 is 22.6 Å². The lowest BCUT2D eigenvalue weighted by Gasteiger charge is -1.97. The number of benzene rings is 1. The molecule has 1 rings (SSSR count). The molecule has 0 N–H and O–H groups in total. The molecule has 10 heavy (non-hydrogen) atoms. The number of hydrogen-bond acceptors (Lipinski definition) is 0. The molecule has 0 aliphatic heterocycles. The van der Waals surface area contributed by atoms with Crippen molar-refractivity contribution in [3.63, 3.8) is 0 Å². The lowest BCUT2D eigenvalue weighted by Crippen LogP contribution is -1.88. The predicted molar refractivity (Wildman–Crippen MR) is 43.8 cm³/mol. The molecular formula is C7H5F2I. The summed E-state index contributed by atoms with van der Waals surface area (Å²) in [5, 5.41) is 0. The van der Waals surface area contributed by atoms with E-state index in [0.29, 0.717) is 5.56 Å². The Morgan fingerprint density at radius 1 is 1.20 bits per heavy atom. The van der Waals surface area contributed by atoms with Crippen LogP contribution in [-0.4, -0.2) is 0 Å². The third-order valence-electron chi connectivity index (χ3n) is 1.13. The first-order valence-corrected chi connectivity index (χ1v) is 3.80. The summed E-state index contributed by atoms with van der Waals surface area (Å²) in [5.41, 5.74) is 0.607. The number of hydrogen-bond donors (Lipinski definition) is 0. The van der Waals surface area contributed by atoms with Crippen molar-refractivity contribution in [1.82, 2.24) is 0 Å². The average molecular weight is 254 g/mol. The fourth-order valence-corrected chi connectivity index (χ4v) is 0.994. The summed E-state index contributed by atoms with van der Waals surface area (Å²) >= 11 is 1.64. The van der Waals surface area contributed by atoms with E-state index >= 15 is 0 Å². The van der Waals surface area contributed by atoms with Crippen molar-refractivity contribution in [2.75, 3.05) is 0 Å². The van der Waals surface area contributed by atoms with Crippen LogP contribution in [0.2, 0.25) is 0 Å². The molecule has 0 bridgehead atoms. The molecule has 0 amide bonds. The average Bonchev–Trinajstić information content (AvgIpc) is 1.82. The van der Waals surface area contributed by atoms with Crippen molar-refractivity contribution in [3.8, 4) is 0 Å². The van der Waals surface area contributed by atoms with Crippen molar-refractivity contribution in [2.24, 2.45) is 0 Å². The van der Waals surface area contributed by atoms with Crippen LogP contribution in [0.3, 0.4) is 0 Å². The lowest BCUT2D eigenvalue weighted by atomic mass is 10.2. The monoisotopic (exact) mass is 254 g/mol. The maximum absolute atomic E-state index is 12.6. The van der Waals surface area contributed by atoms with Crippen molar-refractivity contribution in [3.05, 3.63) is 32.9 Å². The third kappa shape index (κ3) is 1.45. The molecule has 0 aromatic heterocycles. The predicted octanol–water partition coefficient (Wildman–Crippen LogP) is 2.88. The minimum Gasteiger partial charge on any atom is -0.206 e. The molecule has 0 spiro atoms. The fourth-order valence-electron chi connectivity index (χ4n) is 0.682. The Morgan fingerprint density at radius 3 is 2.00 bits per heavy atom. The van der Waals surface area contributed by atoms with Gasteiger partial charge in [0.05, 0.1) is 3.57 Å². The van der Waals surface area contributed by atoms with Gasteiger partial charge in [-0.25, -0.2) is 8.78 Å². The van der Waals surface area contributed by atoms with Crippen LogP contribution in [-0.2, 0) is 0 Å². The molecule has 0 heterocycles. The minimum atomic E-state index is -0.488. The molecule has 0 nitrogen and oxygen atoms in total. The maximum Gasteiger partial charge on any atom is 0.139 e. The Labute approximate surface area is 71.4 Å². The second-order valence-corrected chi connectivity index (χ2v) is 3.12. The molecule has 0 atom stereocenters. The van der Waals surface area contributed by atoms with E-state index in [9.17, 15) is 8.78 Å². The summed E-state index contributed by atoms with van der Waals surface area (Å²) in [4.78, 5) is 0. The van der Waals surface area contributed by atoms with E-state index in [2.05, 4.69) is 0 Å². The lowest BCUT2D eigenvalue weighted by molar-refractivity contribution is 0.568. The SMILES string of the molecule is Cc1cc(F)c(I)c(F)c1. The van der Waals surface area contributed by atoms with Gasteiger partial charge in [0.2, 0.25) is 0 Å². The van der Waals surface area contributed by atoms with E-state index in [-0.39, 0.29) is 3.57 Å². The van der Waals surface area contributed by atoms with Gasteiger partial charge in [0.25, 0.3) is 0 Å². The van der Waals surface area contributed by atoms with Gasteiger partial charge in [-0.1, -0.05) is 0 Å². The van der Waals surface area contributed by atoms with Gasteiger partial charge >= 0.3 is 0 Å². The largest absolute Gasteiger partial charge is 0.206 e. The quantitative estimate of drug-likeness (QED) is 0.493. The topological polar surface area (TPSA) is 0 Å². The number of halogens is 3. The van der Waals surface area contributed by atoms with Gasteiger partial charge in [-0.05, 0) is 47.2 Å². The zero-order valence-corrected chi connectivity index (χ0v) is 7.45. The first kappa shape index (κ1) is 7.91. The first-order chi connectivity index (χ1) is 4.61. The van der Waals surface area contributed by atoms with Crippen molar-refractivity contribution in [1.29, 1.82) is 0 Å². The normalized spacial score (nSPS) is 10.0. The van der Waals surface area contributed by atoms with Gasteiger partial charge in [0, 0.05) is 0 Å². The minimum absolute atomic E-state index is 0.0585. The Balaban J connectivity index is 3.31. The molecule has 0 saturated heterocycles. The van der Waals surface area contributed by atoms with Crippen LogP contribution >= 0.6 is 22.6 Å². The molecule has 0 saturated carbocycles. The summed E-state index contributed by atoms with van der Waals surface area (Å²) in [5.74, 6) is -0.976. The molecule has 1 aromatic rings. The Kier molecular flexibility index (Phi) is 2.23. The summed E-state index contributed by atoms with van der Waals surface area (Å²) in [6.45, 7) is 1.66. The molecule has 0 unspecified atom stereocenters. The Bertz CT molecular complexity index is 235. The van der Waals surface area contributed by atoms with Gasteiger partial charge in [-0.2, -0.15) is 0 Å². The summed E-state index contributed by atoms with van der Waals surface area (Å²) in [7, 11) is 0. The first-order valence-electron chi connectivity index (χ1n) is 2.72. The molecule has 54 valence electrons. The van der Waals surface area contributed by atoms with Gasteiger partial charge in [0.1, 0.15) is 11.6 Å². The Morgan fingerprint density at radius 2 is 1.60 bits per heavy atom. The third-order valence-corrected chi connectivity index (χ3v) is 2.16. The molecule has 0 aliphatic rings. The fraction of sp³-hybridized carbons (Fsp3) is 0.143. The summed E-state index contributed by atoms with van der Waals surface area (Å²) in [6, 6.07) is 2.62. The second kappa shape index (κ2) is 2.82. The van der Waals surface area contributed by atoms with Crippen LogP contribution in [0.4, 0.5) is 8.78 Å². The van der Waals surface area contributed by atoms with Crippen LogP contribution in [0.15, 0.2) is 12.1 Å². The summed E-state index contributed by atoms with van der Waals surface area (Å²) < 4.78 is 25.2. The molecule has 3 heteroatoms. The second-order valence-electron chi connectivity index (χ2n) is 2.04. The molecule has 1 aromatic carbocycles. The smallest absolute Gasteiger partial charge is 0.139 e. The molecule has 0 aliphatic carbocycles. The van der Waals surface area contributed by atoms with Crippen LogP contribution in [0.25, 0.3) is 0 Å². The van der Waals surface area contributed by atoms with Crippen LogP contribution < -0.4 is 0 Å². The Hall–Kier alpha value is -0.190. The van der Waals surface area contributed by atoms with Crippen LogP contribution in [0.5, 0.6) is 0 Å². The van der Waals surface area contributed by atoms with Gasteiger partial charge in [0.15, 0.2) is 0 Å². The molecule has 0 radical (unpaired) electrons. The van der Waals surface area contributed by atoms with Crippen molar-refractivity contribution in [2.45, 2.75) is 6.92 Å². The maximum atomic E-state index is 12.6. The van der Waals surface area contributed by atoms with E-state index in [4.69, 9.17) is 0 Å². The summed E-state index contributed by atoms with van der Waals surface area (Å²) in [6.07, 6.45) is 0. The zero-order chi connectivity index (χ0) is 7.72. The van der Waals surface area contributed by atoms with Gasteiger partial charge in [-0.3, -0.25) is 0 Å². The van der Waals surface area contributed by atoms with E-state index < -0.39 is 11.6 Å². The van der Waals surface area contributed by atoms with Crippen LogP contribution in [0, 0.1) is 22.1 Å². The highest BCUT2D eigenvalue weighted by molar-refractivity contribution is 14.1. The van der Waals surface area contributed by atoms with E-state index in [1.807, 2.05) is 0 Å². The standard InChI is InChI=1S/C7H5F2I/c1-4-2-5(8)7(10)6(9)3-4/h2-3H,1H3. The number of aryl methyl sites for hydroxylation is 1. The highest BCUT2D eigenvalue weighted by Gasteiger charge is 2.04.